The van der Waals surface area contributed by atoms with Crippen LogP contribution in [0.15, 0.2) is 0 Å². The molecule has 1 fully saturated rings. The predicted octanol–water partition coefficient (Wildman–Crippen LogP) is 0.514. The number of halogens is 3. The number of alkyl halides is 3. The van der Waals surface area contributed by atoms with E-state index in [0.29, 0.717) is 0 Å². The predicted molar refractivity (Wildman–Crippen MR) is 53.5 cm³/mol. The van der Waals surface area contributed by atoms with Crippen molar-refractivity contribution in [3.63, 3.8) is 0 Å². The van der Waals surface area contributed by atoms with Crippen LogP contribution < -0.4 is 0 Å². The molecule has 0 saturated carbocycles. The third-order valence-corrected chi connectivity index (χ3v) is 4.59. The Kier molecular flexibility index (Phi) is 3.86. The first kappa shape index (κ1) is 13.7. The van der Waals surface area contributed by atoms with Crippen molar-refractivity contribution in [3.8, 4) is 0 Å². The van der Waals surface area contributed by atoms with E-state index >= 15 is 0 Å². The Morgan fingerprint density at radius 1 is 1.31 bits per heavy atom. The number of rotatable bonds is 2. The van der Waals surface area contributed by atoms with Crippen molar-refractivity contribution in [3.05, 3.63) is 0 Å². The SMILES string of the molecule is CCS(=O)(=O)N1CCN(C)C(C(F)(F)F)C1. The maximum Gasteiger partial charge on any atom is 0.405 e. The number of likely N-dealkylation sites (N-methyl/N-ethyl adjacent to an activating group) is 1. The summed E-state index contributed by atoms with van der Waals surface area (Å²) < 4.78 is 61.7. The van der Waals surface area contributed by atoms with Crippen molar-refractivity contribution in [2.24, 2.45) is 0 Å². The summed E-state index contributed by atoms with van der Waals surface area (Å²) >= 11 is 0. The largest absolute Gasteiger partial charge is 0.405 e. The highest BCUT2D eigenvalue weighted by atomic mass is 32.2. The topological polar surface area (TPSA) is 40.6 Å². The van der Waals surface area contributed by atoms with E-state index in [1.807, 2.05) is 0 Å². The Labute approximate surface area is 93.1 Å². The summed E-state index contributed by atoms with van der Waals surface area (Å²) in [5.41, 5.74) is 0. The van der Waals surface area contributed by atoms with E-state index in [1.165, 1.54) is 14.0 Å². The summed E-state index contributed by atoms with van der Waals surface area (Å²) in [5.74, 6) is -0.165. The minimum absolute atomic E-state index is 0.101. The molecule has 1 aliphatic rings. The van der Waals surface area contributed by atoms with Gasteiger partial charge in [-0.2, -0.15) is 17.5 Å². The van der Waals surface area contributed by atoms with E-state index < -0.39 is 28.8 Å². The molecule has 0 N–H and O–H groups in total. The van der Waals surface area contributed by atoms with Gasteiger partial charge in [-0.25, -0.2) is 8.42 Å². The van der Waals surface area contributed by atoms with E-state index in [-0.39, 0.29) is 18.8 Å². The van der Waals surface area contributed by atoms with Crippen molar-refractivity contribution in [1.29, 1.82) is 0 Å². The first-order chi connectivity index (χ1) is 7.18. The molecule has 4 nitrogen and oxygen atoms in total. The quantitative estimate of drug-likeness (QED) is 0.726. The smallest absolute Gasteiger partial charge is 0.293 e. The molecule has 16 heavy (non-hydrogen) atoms. The average Bonchev–Trinajstić information content (AvgIpc) is 2.16. The standard InChI is InChI=1S/C8H15F3N2O2S/c1-3-16(14,15)13-5-4-12(2)7(6-13)8(9,10)11/h7H,3-6H2,1-2H3. The summed E-state index contributed by atoms with van der Waals surface area (Å²) in [4.78, 5) is 1.14. The van der Waals surface area contributed by atoms with Crippen LogP contribution in [0.2, 0.25) is 0 Å². The van der Waals surface area contributed by atoms with Crippen molar-refractivity contribution in [2.45, 2.75) is 19.1 Å². The van der Waals surface area contributed by atoms with Crippen molar-refractivity contribution in [1.82, 2.24) is 9.21 Å². The zero-order valence-electron chi connectivity index (χ0n) is 9.16. The zero-order chi connectivity index (χ0) is 12.6. The number of hydrogen-bond acceptors (Lipinski definition) is 3. The fraction of sp³-hybridized carbons (Fsp3) is 1.00. The third kappa shape index (κ3) is 2.86. The van der Waals surface area contributed by atoms with Crippen LogP contribution in [0.4, 0.5) is 13.2 Å². The highest BCUT2D eigenvalue weighted by Gasteiger charge is 2.46. The molecule has 1 unspecified atom stereocenters. The summed E-state index contributed by atoms with van der Waals surface area (Å²) in [6.45, 7) is 1.15. The molecule has 0 aliphatic carbocycles. The molecule has 0 spiro atoms. The molecule has 1 atom stereocenters. The fourth-order valence-corrected chi connectivity index (χ4v) is 2.73. The summed E-state index contributed by atoms with van der Waals surface area (Å²) in [5, 5.41) is 0. The first-order valence-corrected chi connectivity index (χ1v) is 6.54. The molecule has 1 aliphatic heterocycles. The molecule has 8 heteroatoms. The highest BCUT2D eigenvalue weighted by molar-refractivity contribution is 7.89. The fourth-order valence-electron chi connectivity index (χ4n) is 1.64. The summed E-state index contributed by atoms with van der Waals surface area (Å²) in [6.07, 6.45) is -4.39. The van der Waals surface area contributed by atoms with E-state index in [1.54, 1.807) is 0 Å². The van der Waals surface area contributed by atoms with Gasteiger partial charge in [-0.1, -0.05) is 0 Å². The second kappa shape index (κ2) is 4.50. The van der Waals surface area contributed by atoms with Crippen molar-refractivity contribution in [2.75, 3.05) is 32.4 Å². The van der Waals surface area contributed by atoms with Gasteiger partial charge in [0.2, 0.25) is 10.0 Å². The molecule has 0 aromatic rings. The van der Waals surface area contributed by atoms with Gasteiger partial charge in [-0.05, 0) is 14.0 Å². The number of sulfonamides is 1. The summed E-state index contributed by atoms with van der Waals surface area (Å²) in [7, 11) is -2.18. The van der Waals surface area contributed by atoms with Gasteiger partial charge in [0.15, 0.2) is 0 Å². The Balaban J connectivity index is 2.84. The van der Waals surface area contributed by atoms with Crippen molar-refractivity contribution >= 4 is 10.0 Å². The molecular weight excluding hydrogens is 245 g/mol. The van der Waals surface area contributed by atoms with Crippen LogP contribution in [0.3, 0.4) is 0 Å². The lowest BCUT2D eigenvalue weighted by Crippen LogP contribution is -2.58. The van der Waals surface area contributed by atoms with Crippen LogP contribution in [0.25, 0.3) is 0 Å². The molecule has 1 heterocycles. The molecule has 0 aromatic carbocycles. The second-order valence-electron chi connectivity index (χ2n) is 3.80. The monoisotopic (exact) mass is 260 g/mol. The molecule has 1 saturated heterocycles. The lowest BCUT2D eigenvalue weighted by molar-refractivity contribution is -0.188. The minimum Gasteiger partial charge on any atom is -0.293 e. The number of piperazine rings is 1. The Bertz CT molecular complexity index is 342. The highest BCUT2D eigenvalue weighted by Crippen LogP contribution is 2.27. The molecule has 0 bridgehead atoms. The van der Waals surface area contributed by atoms with Crippen LogP contribution in [0.5, 0.6) is 0 Å². The van der Waals surface area contributed by atoms with Gasteiger partial charge in [-0.3, -0.25) is 4.90 Å². The van der Waals surface area contributed by atoms with Crippen LogP contribution in [-0.4, -0.2) is 62.3 Å². The molecule has 1 rings (SSSR count). The van der Waals surface area contributed by atoms with Crippen LogP contribution >= 0.6 is 0 Å². The van der Waals surface area contributed by atoms with Gasteiger partial charge in [0.1, 0.15) is 6.04 Å². The number of nitrogens with zero attached hydrogens (tertiary/aromatic N) is 2. The maximum absolute atomic E-state index is 12.6. The van der Waals surface area contributed by atoms with Gasteiger partial charge in [-0.15, -0.1) is 0 Å². The minimum atomic E-state index is -4.39. The van der Waals surface area contributed by atoms with Crippen LogP contribution in [0, 0.1) is 0 Å². The van der Waals surface area contributed by atoms with E-state index in [9.17, 15) is 21.6 Å². The molecule has 96 valence electrons. The Morgan fingerprint density at radius 3 is 2.31 bits per heavy atom. The zero-order valence-corrected chi connectivity index (χ0v) is 9.98. The van der Waals surface area contributed by atoms with E-state index in [4.69, 9.17) is 0 Å². The molecule has 0 amide bonds. The average molecular weight is 260 g/mol. The third-order valence-electron chi connectivity index (χ3n) is 2.75. The lowest BCUT2D eigenvalue weighted by atomic mass is 10.2. The van der Waals surface area contributed by atoms with E-state index in [2.05, 4.69) is 0 Å². The summed E-state index contributed by atoms with van der Waals surface area (Å²) in [6, 6.07) is -1.71. The lowest BCUT2D eigenvalue weighted by Gasteiger charge is -2.39. The van der Waals surface area contributed by atoms with Crippen LogP contribution in [-0.2, 0) is 10.0 Å². The number of hydrogen-bond donors (Lipinski definition) is 0. The van der Waals surface area contributed by atoms with Gasteiger partial charge >= 0.3 is 6.18 Å². The normalized spacial score (nSPS) is 25.9. The molecule has 0 aromatic heterocycles. The second-order valence-corrected chi connectivity index (χ2v) is 6.05. The van der Waals surface area contributed by atoms with Gasteiger partial charge in [0.25, 0.3) is 0 Å². The molecular formula is C8H15F3N2O2S. The maximum atomic E-state index is 12.6. The van der Waals surface area contributed by atoms with Gasteiger partial charge in [0, 0.05) is 19.6 Å². The van der Waals surface area contributed by atoms with Gasteiger partial charge < -0.3 is 0 Å². The van der Waals surface area contributed by atoms with Crippen molar-refractivity contribution < 1.29 is 21.6 Å². The first-order valence-electron chi connectivity index (χ1n) is 4.93. The van der Waals surface area contributed by atoms with Crippen LogP contribution in [0.1, 0.15) is 6.92 Å². The van der Waals surface area contributed by atoms with Gasteiger partial charge in [0.05, 0.1) is 5.75 Å². The van der Waals surface area contributed by atoms with E-state index in [0.717, 1.165) is 9.21 Å². The molecule has 0 radical (unpaired) electrons. The Hall–Kier alpha value is -0.340. The Morgan fingerprint density at radius 2 is 1.88 bits per heavy atom.